The number of ether oxygens (including phenoxy) is 1. The van der Waals surface area contributed by atoms with Crippen LogP contribution < -0.4 is 5.32 Å². The first kappa shape index (κ1) is 82.5. The minimum absolute atomic E-state index is 0.0664. The number of nitrogens with one attached hydrogen (secondary N) is 1. The number of β-amino-alcohol motifs (C(OH)–C–C–N with tert-alkyl or cyclic N) is 2. The molecule has 6 atom stereocenters. The van der Waals surface area contributed by atoms with Crippen LogP contribution in [-0.2, 0) is 38.3 Å². The molecule has 16 nitrogen and oxygen atoms in total. The maximum Gasteiger partial charge on any atom is 0.163 e. The number of methoxy groups -OCH3 is 1. The number of likely N-dealkylation sites (N-methyl/N-ethyl adjacent to an activating group) is 5. The van der Waals surface area contributed by atoms with E-state index in [9.17, 15) is 43.8 Å². The Morgan fingerprint density at radius 2 is 0.790 bits per heavy atom. The summed E-state index contributed by atoms with van der Waals surface area (Å²) in [5, 5.41) is 22.0. The zero-order valence-corrected chi connectivity index (χ0v) is 58.1. The van der Waals surface area contributed by atoms with Gasteiger partial charge in [0.15, 0.2) is 40.5 Å². The number of hydrogen-bond donors (Lipinski definition) is 3. The van der Waals surface area contributed by atoms with E-state index in [1.54, 1.807) is 7.05 Å². The average molecular weight is 1150 g/mol. The lowest BCUT2D eigenvalue weighted by molar-refractivity contribution is -0.132. The monoisotopic (exact) mass is 1150 g/mol. The van der Waals surface area contributed by atoms with Crippen LogP contribution in [0.1, 0.15) is 205 Å². The third-order valence-electron chi connectivity index (χ3n) is 14.5. The Morgan fingerprint density at radius 3 is 1.00 bits per heavy atom. The Kier molecular flexibility index (Phi) is 35.1. The largest absolute Gasteiger partial charge is 0.392 e. The molecule has 4 aliphatic rings. The minimum atomic E-state index is -0.365. The quantitative estimate of drug-likeness (QED) is 0.187. The summed E-state index contributed by atoms with van der Waals surface area (Å²) in [6, 6.07) is 0.153. The van der Waals surface area contributed by atoms with Gasteiger partial charge < -0.3 is 25.2 Å². The molecule has 16 heteroatoms. The Morgan fingerprint density at radius 1 is 0.469 bits per heavy atom. The number of rotatable bonds is 10. The Hall–Kier alpha value is -2.67. The van der Waals surface area contributed by atoms with Crippen molar-refractivity contribution >= 4 is 40.5 Å². The molecule has 3 N–H and O–H groups in total. The molecule has 4 aliphatic heterocycles. The predicted molar refractivity (Wildman–Crippen MR) is 335 cm³/mol. The number of carbonyl (C=O) groups excluding carboxylic acids is 7. The van der Waals surface area contributed by atoms with Crippen molar-refractivity contribution in [1.82, 2.24) is 29.8 Å². The smallest absolute Gasteiger partial charge is 0.163 e. The summed E-state index contributed by atoms with van der Waals surface area (Å²) in [6.07, 6.45) is 4.90. The highest BCUT2D eigenvalue weighted by Gasteiger charge is 2.44. The zero-order chi connectivity index (χ0) is 65.0. The average Bonchev–Trinajstić information content (AvgIpc) is 4.08. The fourth-order valence-corrected chi connectivity index (χ4v) is 8.86. The van der Waals surface area contributed by atoms with E-state index in [-0.39, 0.29) is 115 Å². The van der Waals surface area contributed by atoms with Crippen molar-refractivity contribution < 1.29 is 48.5 Å². The van der Waals surface area contributed by atoms with Crippen molar-refractivity contribution in [2.45, 2.75) is 247 Å². The fraction of sp³-hybridized carbons (Fsp3) is 0.892. The van der Waals surface area contributed by atoms with Crippen molar-refractivity contribution in [1.29, 1.82) is 0 Å². The standard InChI is InChI=1S/C13H25NO2.C10H19NO2.2C10H19NO.C8H17NO.C7H15NO.C7H14O2/c1-12(2,3)11(16)10-7-9(15)8-14(10)13(4,5)6;1-10(2,3)9(13)8-5-7(12)6-11(8)4;2*1-10(2,3)9(12)8-6-5-7-11(8)4;1-8(2,3)7(10)6-9(4)5;1-7(2,3)6(9)5-8-4;1-7(2,3)6(8)5-9-4/h9-10,15H,7-8H2,1-6H3;7-8,12H,5-6H2,1-4H3;2*8H,5-7H2,1-4H3;6H2,1-5H3;8H,5H2,1-4H3;5H2,1-4H3/t9-,10+;7-,8+;2*8-;;;/m1110.../s1. The van der Waals surface area contributed by atoms with Gasteiger partial charge in [-0.1, -0.05) is 145 Å². The highest BCUT2D eigenvalue weighted by molar-refractivity contribution is 5.91. The highest BCUT2D eigenvalue weighted by atomic mass is 16.5. The summed E-state index contributed by atoms with van der Waals surface area (Å²) < 4.78 is 4.68. The Balaban J connectivity index is -0.000000885. The van der Waals surface area contributed by atoms with Crippen LogP contribution in [0.15, 0.2) is 0 Å². The van der Waals surface area contributed by atoms with Crippen LogP contribution in [-0.4, -0.2) is 212 Å². The van der Waals surface area contributed by atoms with E-state index in [0.717, 1.165) is 25.9 Å². The molecule has 0 bridgehead atoms. The second-order valence-electron chi connectivity index (χ2n) is 31.5. The second kappa shape index (κ2) is 34.5. The molecule has 0 aromatic heterocycles. The number of hydrogen-bond acceptors (Lipinski definition) is 16. The summed E-state index contributed by atoms with van der Waals surface area (Å²) in [5.74, 6) is 1.93. The second-order valence-corrected chi connectivity index (χ2v) is 31.5. The van der Waals surface area contributed by atoms with Gasteiger partial charge in [0, 0.05) is 63.6 Å². The number of likely N-dealkylation sites (tertiary alicyclic amines) is 4. The van der Waals surface area contributed by atoms with Crippen LogP contribution in [0.25, 0.3) is 0 Å². The van der Waals surface area contributed by atoms with Crippen LogP contribution in [0, 0.1) is 37.9 Å². The normalized spacial score (nSPS) is 22.4. The first-order chi connectivity index (χ1) is 36.0. The van der Waals surface area contributed by atoms with Gasteiger partial charge in [0.05, 0.1) is 49.5 Å². The molecule has 0 saturated carbocycles. The number of aliphatic hydroxyl groups is 2. The van der Waals surface area contributed by atoms with Crippen molar-refractivity contribution in [3.8, 4) is 0 Å². The van der Waals surface area contributed by atoms with Gasteiger partial charge in [-0.25, -0.2) is 0 Å². The van der Waals surface area contributed by atoms with Crippen LogP contribution in [0.5, 0.6) is 0 Å². The van der Waals surface area contributed by atoms with Crippen LogP contribution >= 0.6 is 0 Å². The molecule has 0 spiro atoms. The zero-order valence-electron chi connectivity index (χ0n) is 58.1. The maximum absolute atomic E-state index is 12.3. The fourth-order valence-electron chi connectivity index (χ4n) is 8.86. The van der Waals surface area contributed by atoms with Gasteiger partial charge in [0.25, 0.3) is 0 Å². The SMILES string of the molecule is CC(C)(C)C(=O)[C@@H]1C[C@@H](O)CN1C(C)(C)C.CN(C)CC(=O)C(C)(C)C.CN1CCC[C@@H]1C(=O)C(C)(C)C.CN1CCC[C@H]1C(=O)C(C)(C)C.CN1C[C@H](O)C[C@H]1C(=O)C(C)(C)C.CNCC(=O)C(C)(C)C.COCC(=O)C(C)(C)C. The summed E-state index contributed by atoms with van der Waals surface area (Å²) >= 11 is 0. The van der Waals surface area contributed by atoms with Gasteiger partial charge in [-0.15, -0.1) is 0 Å². The molecular formula is C65H128N6O10. The third kappa shape index (κ3) is 33.0. The van der Waals surface area contributed by atoms with Crippen molar-refractivity contribution in [3.05, 3.63) is 0 Å². The summed E-state index contributed by atoms with van der Waals surface area (Å²) in [5.41, 5.74) is -1.69. The van der Waals surface area contributed by atoms with Gasteiger partial charge in [0.2, 0.25) is 0 Å². The van der Waals surface area contributed by atoms with Gasteiger partial charge in [-0.2, -0.15) is 0 Å². The van der Waals surface area contributed by atoms with E-state index >= 15 is 0 Å². The summed E-state index contributed by atoms with van der Waals surface area (Å²) in [4.78, 5) is 91.4. The van der Waals surface area contributed by atoms with E-state index in [1.807, 2.05) is 190 Å². The van der Waals surface area contributed by atoms with E-state index in [2.05, 4.69) is 45.5 Å². The molecule has 0 unspecified atom stereocenters. The van der Waals surface area contributed by atoms with Crippen LogP contribution in [0.3, 0.4) is 0 Å². The molecule has 0 amide bonds. The Labute approximate surface area is 496 Å². The van der Waals surface area contributed by atoms with E-state index in [4.69, 9.17) is 0 Å². The van der Waals surface area contributed by atoms with Crippen molar-refractivity contribution in [2.24, 2.45) is 37.9 Å². The van der Waals surface area contributed by atoms with Gasteiger partial charge in [0.1, 0.15) is 6.61 Å². The van der Waals surface area contributed by atoms with E-state index in [0.29, 0.717) is 50.6 Å². The molecule has 0 aliphatic carbocycles. The molecular weight excluding hydrogens is 1020 g/mol. The summed E-state index contributed by atoms with van der Waals surface area (Å²) in [6.45, 7) is 51.8. The van der Waals surface area contributed by atoms with Gasteiger partial charge in [-0.05, 0) is 115 Å². The van der Waals surface area contributed by atoms with Gasteiger partial charge >= 0.3 is 0 Å². The summed E-state index contributed by atoms with van der Waals surface area (Å²) in [7, 11) is 13.1. The van der Waals surface area contributed by atoms with Crippen LogP contribution in [0.2, 0.25) is 0 Å². The van der Waals surface area contributed by atoms with Gasteiger partial charge in [-0.3, -0.25) is 53.2 Å². The maximum atomic E-state index is 12.3. The first-order valence-corrected chi connectivity index (χ1v) is 29.8. The van der Waals surface area contributed by atoms with Crippen molar-refractivity contribution in [2.75, 3.05) is 95.3 Å². The first-order valence-electron chi connectivity index (χ1n) is 29.8. The Bertz CT molecular complexity index is 1860. The predicted octanol–water partition coefficient (Wildman–Crippen LogP) is 9.13. The number of nitrogens with zero attached hydrogens (tertiary/aromatic N) is 5. The molecule has 4 saturated heterocycles. The van der Waals surface area contributed by atoms with Crippen molar-refractivity contribution in [3.63, 3.8) is 0 Å². The van der Waals surface area contributed by atoms with Crippen LogP contribution in [0.4, 0.5) is 0 Å². The molecule has 478 valence electrons. The molecule has 4 rings (SSSR count). The minimum Gasteiger partial charge on any atom is -0.392 e. The topological polar surface area (TPSA) is 197 Å². The number of aliphatic hydroxyl groups excluding tert-OH is 2. The number of ketones is 7. The molecule has 4 heterocycles. The third-order valence-corrected chi connectivity index (χ3v) is 14.5. The van der Waals surface area contributed by atoms with E-state index < -0.39 is 0 Å². The lowest BCUT2D eigenvalue weighted by Crippen LogP contribution is -2.50. The number of carbonyl (C=O) groups is 7. The lowest BCUT2D eigenvalue weighted by Gasteiger charge is -2.38. The molecule has 0 aromatic carbocycles. The molecule has 4 fully saturated rings. The van der Waals surface area contributed by atoms with E-state index in [1.165, 1.54) is 20.0 Å². The molecule has 0 aromatic rings. The lowest BCUT2D eigenvalue weighted by atomic mass is 9.84. The molecule has 0 radical (unpaired) electrons. The highest BCUT2D eigenvalue weighted by Crippen LogP contribution is 2.33. The number of Topliss-reactive ketones (excluding diaryl/α,β-unsaturated/α-hetero) is 7. The molecule has 81 heavy (non-hydrogen) atoms.